The van der Waals surface area contributed by atoms with E-state index in [0.29, 0.717) is 0 Å². The molecule has 0 atom stereocenters. The molecule has 11 nitrogen and oxygen atoms in total. The topological polar surface area (TPSA) is 98.0 Å². The van der Waals surface area contributed by atoms with E-state index in [1.807, 2.05) is 12.4 Å². The molecule has 4 saturated heterocycles. The number of carbonyl (C=O) groups is 2. The number of benzene rings is 2. The van der Waals surface area contributed by atoms with Crippen LogP contribution >= 0.6 is 22.7 Å². The van der Waals surface area contributed by atoms with Crippen LogP contribution in [0.3, 0.4) is 0 Å². The largest absolute Gasteiger partial charge is 0.369 e. The Hall–Kier alpha value is -5.31. The molecule has 7 aromatic rings. The zero-order chi connectivity index (χ0) is 52.6. The monoisotopic (exact) mass is 1050 g/mol. The van der Waals surface area contributed by atoms with Crippen LogP contribution in [0.15, 0.2) is 73.1 Å². The summed E-state index contributed by atoms with van der Waals surface area (Å²) in [5, 5.41) is 2.59. The molecule has 0 radical (unpaired) electrons. The molecular weight excluding hydrogens is 967 g/mol. The number of rotatable bonds is 13. The van der Waals surface area contributed by atoms with E-state index < -0.39 is 10.8 Å². The number of piperazine rings is 2. The number of hydrogen-bond donors (Lipinski definition) is 2. The minimum Gasteiger partial charge on any atom is -0.369 e. The third-order valence-electron chi connectivity index (χ3n) is 16.7. The van der Waals surface area contributed by atoms with Crippen LogP contribution < -0.4 is 4.90 Å². The Kier molecular flexibility index (Phi) is 15.8. The van der Waals surface area contributed by atoms with Crippen LogP contribution in [0.25, 0.3) is 42.9 Å². The SMILES string of the molecule is Cc1cc(C)cc(-c2[nH]c3sc(C(C)(C)C(=O)N4CCCC4)cc3c2CCN2CCN(C)CC2)c1.Cc1cc(C)cc(-c2[nH]c3sc(C(C)(C)C(=O)N4CCCC4)cc3c2CCN2CCN(c3ccncc3)CC2)c1. The van der Waals surface area contributed by atoms with E-state index in [9.17, 15) is 9.59 Å². The Morgan fingerprint density at radius 1 is 0.533 bits per heavy atom. The van der Waals surface area contributed by atoms with Gasteiger partial charge < -0.3 is 34.5 Å². The number of nitrogens with zero attached hydrogens (tertiary/aromatic N) is 7. The van der Waals surface area contributed by atoms with Gasteiger partial charge in [-0.05, 0) is 172 Å². The molecule has 13 heteroatoms. The lowest BCUT2D eigenvalue weighted by Gasteiger charge is -2.36. The van der Waals surface area contributed by atoms with Crippen LogP contribution in [-0.2, 0) is 33.3 Å². The summed E-state index contributed by atoms with van der Waals surface area (Å²) < 4.78 is 0. The predicted octanol–water partition coefficient (Wildman–Crippen LogP) is 11.4. The molecule has 11 rings (SSSR count). The summed E-state index contributed by atoms with van der Waals surface area (Å²) in [7, 11) is 2.21. The first-order valence-corrected chi connectivity index (χ1v) is 29.5. The van der Waals surface area contributed by atoms with Gasteiger partial charge in [-0.3, -0.25) is 19.5 Å². The molecule has 0 unspecified atom stereocenters. The van der Waals surface area contributed by atoms with Crippen molar-refractivity contribution in [3.63, 3.8) is 0 Å². The molecule has 4 aliphatic heterocycles. The van der Waals surface area contributed by atoms with Crippen LogP contribution in [0.1, 0.15) is 96.5 Å². The van der Waals surface area contributed by atoms with Crippen molar-refractivity contribution in [3.8, 4) is 22.5 Å². The first-order valence-electron chi connectivity index (χ1n) is 27.9. The highest BCUT2D eigenvalue weighted by atomic mass is 32.1. The number of aryl methyl sites for hydroxylation is 4. The number of carbonyl (C=O) groups excluding carboxylic acids is 2. The maximum Gasteiger partial charge on any atom is 0.233 e. The van der Waals surface area contributed by atoms with Gasteiger partial charge in [0.1, 0.15) is 9.66 Å². The fourth-order valence-corrected chi connectivity index (χ4v) is 14.5. The summed E-state index contributed by atoms with van der Waals surface area (Å²) in [4.78, 5) is 57.5. The molecule has 4 fully saturated rings. The molecule has 4 aliphatic rings. The lowest BCUT2D eigenvalue weighted by atomic mass is 9.89. The van der Waals surface area contributed by atoms with E-state index in [1.165, 1.54) is 86.9 Å². The summed E-state index contributed by atoms with van der Waals surface area (Å²) in [6, 6.07) is 22.5. The number of aromatic amines is 2. The minimum absolute atomic E-state index is 0.261. The van der Waals surface area contributed by atoms with Crippen LogP contribution in [0, 0.1) is 27.7 Å². The van der Waals surface area contributed by atoms with E-state index in [-0.39, 0.29) is 11.8 Å². The second-order valence-corrected chi connectivity index (χ2v) is 25.4. The molecule has 0 bridgehead atoms. The second kappa shape index (κ2) is 22.3. The zero-order valence-electron chi connectivity index (χ0n) is 46.3. The summed E-state index contributed by atoms with van der Waals surface area (Å²) in [6.45, 7) is 31.5. The number of amides is 2. The summed E-state index contributed by atoms with van der Waals surface area (Å²) in [5.74, 6) is 0.532. The van der Waals surface area contributed by atoms with Crippen LogP contribution in [0.5, 0.6) is 0 Å². The van der Waals surface area contributed by atoms with E-state index in [4.69, 9.17) is 0 Å². The zero-order valence-corrected chi connectivity index (χ0v) is 48.0. The average molecular weight is 1050 g/mol. The van der Waals surface area contributed by atoms with Crippen molar-refractivity contribution < 1.29 is 9.59 Å². The van der Waals surface area contributed by atoms with E-state index in [0.717, 1.165) is 135 Å². The van der Waals surface area contributed by atoms with Crippen molar-refractivity contribution in [2.75, 3.05) is 104 Å². The van der Waals surface area contributed by atoms with Crippen molar-refractivity contribution in [1.82, 2.24) is 39.5 Å². The molecule has 0 spiro atoms. The first kappa shape index (κ1) is 53.1. The van der Waals surface area contributed by atoms with Gasteiger partial charge in [-0.25, -0.2) is 0 Å². The van der Waals surface area contributed by atoms with Gasteiger partial charge in [0.2, 0.25) is 11.8 Å². The highest BCUT2D eigenvalue weighted by Crippen LogP contribution is 2.43. The number of hydrogen-bond acceptors (Lipinski definition) is 9. The maximum atomic E-state index is 13.5. The number of likely N-dealkylation sites (N-methyl/N-ethyl adjacent to an activating group) is 1. The molecule has 75 heavy (non-hydrogen) atoms. The second-order valence-electron chi connectivity index (χ2n) is 23.3. The van der Waals surface area contributed by atoms with Crippen LogP contribution in [-0.4, -0.2) is 150 Å². The number of fused-ring (bicyclic) bond motifs is 2. The number of nitrogens with one attached hydrogen (secondary N) is 2. The number of H-pyrrole nitrogens is 2. The van der Waals surface area contributed by atoms with Gasteiger partial charge >= 0.3 is 0 Å². The molecule has 2 amide bonds. The van der Waals surface area contributed by atoms with Crippen molar-refractivity contribution in [1.29, 1.82) is 0 Å². The third-order valence-corrected chi connectivity index (χ3v) is 19.4. The molecule has 398 valence electrons. The Morgan fingerprint density at radius 2 is 0.920 bits per heavy atom. The Bertz CT molecular complexity index is 3070. The Balaban J connectivity index is 0.000000173. The molecule has 2 N–H and O–H groups in total. The number of aromatic nitrogens is 3. The van der Waals surface area contributed by atoms with E-state index in [1.54, 1.807) is 22.7 Å². The van der Waals surface area contributed by atoms with Gasteiger partial charge in [0.25, 0.3) is 0 Å². The fraction of sp³-hybridized carbons (Fsp3) is 0.500. The van der Waals surface area contributed by atoms with E-state index >= 15 is 0 Å². The molecule has 9 heterocycles. The van der Waals surface area contributed by atoms with Gasteiger partial charge in [0, 0.05) is 130 Å². The normalized spacial score (nSPS) is 17.4. The lowest BCUT2D eigenvalue weighted by Crippen LogP contribution is -2.47. The molecular formula is C62H81N9O2S2. The lowest BCUT2D eigenvalue weighted by molar-refractivity contribution is -0.135. The van der Waals surface area contributed by atoms with Gasteiger partial charge in [-0.1, -0.05) is 34.4 Å². The number of pyridine rings is 1. The Labute approximate surface area is 454 Å². The summed E-state index contributed by atoms with van der Waals surface area (Å²) >= 11 is 3.53. The number of anilines is 1. The highest BCUT2D eigenvalue weighted by molar-refractivity contribution is 7.19. The Morgan fingerprint density at radius 3 is 1.32 bits per heavy atom. The molecule has 5 aromatic heterocycles. The molecule has 0 aliphatic carbocycles. The average Bonchev–Trinajstić information content (AvgIpc) is 4.27. The van der Waals surface area contributed by atoms with Crippen LogP contribution in [0.4, 0.5) is 5.69 Å². The predicted molar refractivity (Wildman–Crippen MR) is 314 cm³/mol. The summed E-state index contributed by atoms with van der Waals surface area (Å²) in [6.07, 6.45) is 10.2. The molecule has 0 saturated carbocycles. The van der Waals surface area contributed by atoms with Crippen molar-refractivity contribution in [2.45, 2.75) is 105 Å². The van der Waals surface area contributed by atoms with Crippen molar-refractivity contribution in [3.05, 3.63) is 116 Å². The van der Waals surface area contributed by atoms with Gasteiger partial charge in [0.05, 0.1) is 22.2 Å². The van der Waals surface area contributed by atoms with Gasteiger partial charge in [0.15, 0.2) is 0 Å². The summed E-state index contributed by atoms with van der Waals surface area (Å²) in [5.41, 5.74) is 13.2. The third kappa shape index (κ3) is 11.5. The standard InChI is InChI=1S/C33H41N5OS.C29H40N4OS/c1-23-19-24(2)21-25(20-23)30-27(9-14-36-15-17-37(18-16-36)26-7-10-34-11-8-26)28-22-29(40-31(28)35-30)33(3,4)32(39)38-12-5-6-13-38;1-20-16-21(2)18-22(17-20)26-23(8-11-32-14-12-31(5)13-15-32)24-19-25(35-27(24)30-26)29(3,4)28(34)33-9-6-7-10-33/h7-8,10-11,19-22,35H,5-6,9,12-18H2,1-4H3;16-19,30H,6-15H2,1-5H3. The van der Waals surface area contributed by atoms with Crippen molar-refractivity contribution in [2.24, 2.45) is 0 Å². The highest BCUT2D eigenvalue weighted by Gasteiger charge is 2.38. The van der Waals surface area contributed by atoms with Crippen molar-refractivity contribution >= 4 is 60.6 Å². The number of likely N-dealkylation sites (tertiary alicyclic amines) is 2. The number of thiophene rings is 2. The minimum atomic E-state index is -0.518. The van der Waals surface area contributed by atoms with Gasteiger partial charge in [-0.15, -0.1) is 22.7 Å². The molecule has 2 aromatic carbocycles. The van der Waals surface area contributed by atoms with E-state index in [2.05, 4.69) is 167 Å². The quantitative estimate of drug-likeness (QED) is 0.119. The smallest absolute Gasteiger partial charge is 0.233 e. The maximum absolute atomic E-state index is 13.5. The fourth-order valence-electron chi connectivity index (χ4n) is 12.2. The van der Waals surface area contributed by atoms with Crippen LogP contribution in [0.2, 0.25) is 0 Å². The van der Waals surface area contributed by atoms with Gasteiger partial charge in [-0.2, -0.15) is 0 Å². The first-order chi connectivity index (χ1) is 36.0.